The quantitative estimate of drug-likeness (QED) is 0.407. The van der Waals surface area contributed by atoms with E-state index in [2.05, 4.69) is 48.3 Å². The topological polar surface area (TPSA) is 137 Å². The van der Waals surface area contributed by atoms with Crippen molar-refractivity contribution in [2.24, 2.45) is 5.92 Å². The Morgan fingerprint density at radius 2 is 1.94 bits per heavy atom. The van der Waals surface area contributed by atoms with Gasteiger partial charge in [-0.25, -0.2) is 14.4 Å². The van der Waals surface area contributed by atoms with Crippen molar-refractivity contribution in [1.29, 1.82) is 5.26 Å². The van der Waals surface area contributed by atoms with Crippen molar-refractivity contribution in [3.8, 4) is 23.2 Å². The van der Waals surface area contributed by atoms with E-state index < -0.39 is 12.3 Å². The number of nitriles is 1. The molecule has 0 radical (unpaired) electrons. The van der Waals surface area contributed by atoms with Gasteiger partial charge in [-0.2, -0.15) is 10.2 Å². The first-order chi connectivity index (χ1) is 22.9. The van der Waals surface area contributed by atoms with Crippen LogP contribution in [-0.4, -0.2) is 107 Å². The molecule has 1 amide bonds. The molecule has 3 aromatic rings. The van der Waals surface area contributed by atoms with Gasteiger partial charge in [0.05, 0.1) is 31.4 Å². The molecule has 4 atom stereocenters. The monoisotopic (exact) mass is 640 g/mol. The number of morpholine rings is 1. The molecule has 47 heavy (non-hydrogen) atoms. The van der Waals surface area contributed by atoms with Crippen molar-refractivity contribution >= 4 is 29.0 Å². The number of hydrogen-bond acceptors (Lipinski definition) is 11. The molecule has 1 aliphatic carbocycles. The van der Waals surface area contributed by atoms with Gasteiger partial charge in [0, 0.05) is 74.8 Å². The molecule has 13 heteroatoms. The highest BCUT2D eigenvalue weighted by Gasteiger charge is 2.38. The van der Waals surface area contributed by atoms with Gasteiger partial charge in [0.15, 0.2) is 12.0 Å². The second-order valence-electron chi connectivity index (χ2n) is 12.6. The van der Waals surface area contributed by atoms with Gasteiger partial charge >= 0.3 is 0 Å². The van der Waals surface area contributed by atoms with Gasteiger partial charge in [-0.3, -0.25) is 14.5 Å². The predicted octanol–water partition coefficient (Wildman–Crippen LogP) is 3.36. The number of anilines is 3. The summed E-state index contributed by atoms with van der Waals surface area (Å²) < 4.78 is 26.8. The average Bonchev–Trinajstić information content (AvgIpc) is 3.55. The van der Waals surface area contributed by atoms with Crippen molar-refractivity contribution in [1.82, 2.24) is 24.8 Å². The van der Waals surface area contributed by atoms with E-state index in [0.717, 1.165) is 50.8 Å². The lowest BCUT2D eigenvalue weighted by atomic mass is 10.0. The third kappa shape index (κ3) is 6.89. The van der Waals surface area contributed by atoms with Gasteiger partial charge in [0.2, 0.25) is 11.9 Å². The minimum Gasteiger partial charge on any atom is -0.486 e. The first-order valence-corrected chi connectivity index (χ1v) is 16.2. The number of halogens is 1. The van der Waals surface area contributed by atoms with Gasteiger partial charge in [-0.05, 0) is 48.9 Å². The Bertz CT molecular complexity index is 1670. The number of aromatic nitrogens is 3. The molecule has 2 aromatic carbocycles. The summed E-state index contributed by atoms with van der Waals surface area (Å²) in [5, 5.41) is 13.1. The Kier molecular flexibility index (Phi) is 8.95. The first kappa shape index (κ1) is 31.0. The molecule has 4 heterocycles. The van der Waals surface area contributed by atoms with Crippen LogP contribution in [0.4, 0.5) is 21.7 Å². The number of likely N-dealkylation sites (tertiary alicyclic amines) is 1. The van der Waals surface area contributed by atoms with Crippen LogP contribution in [0, 0.1) is 17.2 Å². The number of Topliss-reactive ketones (excluding diaryl/α,β-unsaturated/α-hetero) is 1. The van der Waals surface area contributed by atoms with Crippen LogP contribution in [0.1, 0.15) is 31.2 Å². The summed E-state index contributed by atoms with van der Waals surface area (Å²) in [6, 6.07) is 15.7. The Balaban J connectivity index is 0.971. The number of ether oxygens (including phenoxy) is 2. The number of amides is 1. The number of benzene rings is 2. The lowest BCUT2D eigenvalue weighted by Crippen LogP contribution is -2.58. The van der Waals surface area contributed by atoms with Crippen LogP contribution >= 0.6 is 0 Å². The molecule has 0 bridgehead atoms. The molecule has 3 saturated heterocycles. The van der Waals surface area contributed by atoms with Gasteiger partial charge in [0.25, 0.3) is 0 Å². The van der Waals surface area contributed by atoms with Gasteiger partial charge in [-0.1, -0.05) is 0 Å². The van der Waals surface area contributed by atoms with Gasteiger partial charge in [-0.15, -0.1) is 0 Å². The summed E-state index contributed by atoms with van der Waals surface area (Å²) in [4.78, 5) is 43.9. The van der Waals surface area contributed by atoms with Crippen molar-refractivity contribution in [2.75, 3.05) is 62.7 Å². The number of nitrogens with zero attached hydrogens (tertiary/aromatic N) is 7. The molecule has 0 spiro atoms. The fourth-order valence-corrected chi connectivity index (χ4v) is 6.88. The molecule has 1 N–H and O–H groups in total. The summed E-state index contributed by atoms with van der Waals surface area (Å²) in [7, 11) is 0. The van der Waals surface area contributed by atoms with Crippen LogP contribution < -0.4 is 15.0 Å². The third-order valence-corrected chi connectivity index (χ3v) is 9.52. The van der Waals surface area contributed by atoms with E-state index in [9.17, 15) is 14.9 Å². The zero-order valence-corrected chi connectivity index (χ0v) is 26.1. The minimum atomic E-state index is -1.42. The zero-order chi connectivity index (χ0) is 32.3. The fourth-order valence-electron chi connectivity index (χ4n) is 6.88. The lowest BCUT2D eigenvalue weighted by molar-refractivity contribution is -0.139. The maximum atomic E-state index is 15.2. The summed E-state index contributed by atoms with van der Waals surface area (Å²) in [5.74, 6) is 0.565. The van der Waals surface area contributed by atoms with Crippen LogP contribution in [0.2, 0.25) is 0 Å². The van der Waals surface area contributed by atoms with Crippen LogP contribution in [0.5, 0.6) is 5.75 Å². The number of fused-ring (bicyclic) bond motifs is 1. The summed E-state index contributed by atoms with van der Waals surface area (Å²) in [6.45, 7) is 5.79. The molecule has 3 aliphatic heterocycles. The van der Waals surface area contributed by atoms with Crippen LogP contribution in [0.3, 0.4) is 0 Å². The molecule has 7 rings (SSSR count). The SMILES string of the molecule is N#Cc1cc(-c2ncnc(Nc3ccc(N4CCN5CCOC[C@H]5C4)cc3)n2)ccc1O[C@H]1CCN(C(=O)[C@@H]2CCC(=O)C2)C[C@H]1F. The Hall–Kier alpha value is -4.67. The predicted molar refractivity (Wildman–Crippen MR) is 171 cm³/mol. The maximum absolute atomic E-state index is 15.2. The minimum absolute atomic E-state index is 0.0840. The Morgan fingerprint density at radius 1 is 1.06 bits per heavy atom. The van der Waals surface area contributed by atoms with E-state index in [-0.39, 0.29) is 48.3 Å². The molecular formula is C34H37FN8O4. The van der Waals surface area contributed by atoms with Crippen molar-refractivity contribution < 1.29 is 23.5 Å². The molecule has 12 nitrogen and oxygen atoms in total. The van der Waals surface area contributed by atoms with Crippen LogP contribution in [0.25, 0.3) is 11.4 Å². The number of ketones is 1. The van der Waals surface area contributed by atoms with E-state index >= 15 is 4.39 Å². The second kappa shape index (κ2) is 13.6. The van der Waals surface area contributed by atoms with Crippen molar-refractivity contribution in [3.05, 3.63) is 54.4 Å². The number of rotatable bonds is 7. The normalized spacial score (nSPS) is 24.8. The Morgan fingerprint density at radius 3 is 2.72 bits per heavy atom. The van der Waals surface area contributed by atoms with E-state index in [1.807, 2.05) is 12.1 Å². The number of piperidine rings is 1. The highest BCUT2D eigenvalue weighted by Crippen LogP contribution is 2.31. The molecule has 4 fully saturated rings. The number of carbonyl (C=O) groups excluding carboxylic acids is 2. The van der Waals surface area contributed by atoms with Gasteiger partial charge in [0.1, 0.15) is 30.0 Å². The van der Waals surface area contributed by atoms with Crippen molar-refractivity contribution in [3.63, 3.8) is 0 Å². The molecule has 1 saturated carbocycles. The highest BCUT2D eigenvalue weighted by atomic mass is 19.1. The second-order valence-corrected chi connectivity index (χ2v) is 12.6. The standard InChI is InChI=1S/C34H37FN8O4/c35-29-19-43(33(45)23-1-7-28(44)16-23)10-9-31(29)47-30-8-2-22(15-24(30)17-36)32-37-21-38-34(40-32)39-25-3-5-26(6-4-25)42-12-11-41-13-14-46-20-27(41)18-42/h2-6,8,15,21,23,27,29,31H,1,7,9-14,16,18-20H2,(H,37,38,39,40)/t23-,27-,29-,31+/m1/s1. The van der Waals surface area contributed by atoms with E-state index in [1.54, 1.807) is 18.2 Å². The third-order valence-electron chi connectivity index (χ3n) is 9.52. The van der Waals surface area contributed by atoms with Crippen molar-refractivity contribution in [2.45, 2.75) is 44.0 Å². The number of alkyl halides is 1. The Labute approximate surface area is 272 Å². The highest BCUT2D eigenvalue weighted by molar-refractivity contribution is 5.90. The fraction of sp³-hybridized carbons (Fsp3) is 0.471. The molecule has 1 aromatic heterocycles. The summed E-state index contributed by atoms with van der Waals surface area (Å²) in [6.07, 6.45) is 0.662. The van der Waals surface area contributed by atoms with Crippen LogP contribution in [-0.2, 0) is 14.3 Å². The van der Waals surface area contributed by atoms with Crippen LogP contribution in [0.15, 0.2) is 48.8 Å². The molecular weight excluding hydrogens is 603 g/mol. The van der Waals surface area contributed by atoms with E-state index in [1.165, 1.54) is 11.2 Å². The van der Waals surface area contributed by atoms with E-state index in [4.69, 9.17) is 9.47 Å². The molecule has 4 aliphatic rings. The lowest BCUT2D eigenvalue weighted by Gasteiger charge is -2.44. The zero-order valence-electron chi connectivity index (χ0n) is 26.1. The summed E-state index contributed by atoms with van der Waals surface area (Å²) in [5.41, 5.74) is 2.80. The largest absolute Gasteiger partial charge is 0.486 e. The smallest absolute Gasteiger partial charge is 0.230 e. The number of piperazine rings is 1. The number of carbonyl (C=O) groups is 2. The maximum Gasteiger partial charge on any atom is 0.230 e. The summed E-state index contributed by atoms with van der Waals surface area (Å²) >= 11 is 0. The van der Waals surface area contributed by atoms with E-state index in [0.29, 0.717) is 42.8 Å². The average molecular weight is 641 g/mol. The number of nitrogens with one attached hydrogen (secondary N) is 1. The van der Waals surface area contributed by atoms with Gasteiger partial charge < -0.3 is 24.6 Å². The molecule has 0 unspecified atom stereocenters. The molecule has 244 valence electrons. The number of hydrogen-bond donors (Lipinski definition) is 1. The first-order valence-electron chi connectivity index (χ1n) is 16.2.